The number of hydrogen-bond donors (Lipinski definition) is 0. The van der Waals surface area contributed by atoms with Gasteiger partial charge in [0.1, 0.15) is 6.29 Å². The van der Waals surface area contributed by atoms with E-state index in [0.717, 1.165) is 37.5 Å². The SMILES string of the molecule is O=CCC(C(=O)N1C2CCC[C@@H]1CC2)c1ccccc1. The molecule has 0 radical (unpaired) electrons. The molecule has 2 bridgehead atoms. The molecule has 3 rings (SSSR count). The lowest BCUT2D eigenvalue weighted by atomic mass is 9.92. The second kappa shape index (κ2) is 5.78. The maximum atomic E-state index is 12.9. The first-order chi connectivity index (χ1) is 9.81. The van der Waals surface area contributed by atoms with E-state index in [4.69, 9.17) is 0 Å². The summed E-state index contributed by atoms with van der Waals surface area (Å²) < 4.78 is 0. The highest BCUT2D eigenvalue weighted by Gasteiger charge is 2.41. The predicted octanol–water partition coefficient (Wildman–Crippen LogP) is 2.90. The molecule has 3 heteroatoms. The summed E-state index contributed by atoms with van der Waals surface area (Å²) in [7, 11) is 0. The Bertz CT molecular complexity index is 469. The lowest BCUT2D eigenvalue weighted by molar-refractivity contribution is -0.138. The van der Waals surface area contributed by atoms with Gasteiger partial charge in [0.15, 0.2) is 0 Å². The van der Waals surface area contributed by atoms with Crippen molar-refractivity contribution in [3.8, 4) is 0 Å². The lowest BCUT2D eigenvalue weighted by Crippen LogP contribution is -2.46. The van der Waals surface area contributed by atoms with Gasteiger partial charge in [-0.1, -0.05) is 30.3 Å². The summed E-state index contributed by atoms with van der Waals surface area (Å²) in [5, 5.41) is 0. The Morgan fingerprint density at radius 3 is 2.40 bits per heavy atom. The second-order valence-corrected chi connectivity index (χ2v) is 5.93. The zero-order chi connectivity index (χ0) is 13.9. The first kappa shape index (κ1) is 13.3. The number of fused-ring (bicyclic) bond motifs is 2. The molecular weight excluding hydrogens is 250 g/mol. The van der Waals surface area contributed by atoms with Crippen LogP contribution in [0.4, 0.5) is 0 Å². The van der Waals surface area contributed by atoms with Crippen LogP contribution >= 0.6 is 0 Å². The Balaban J connectivity index is 1.84. The first-order valence-electron chi connectivity index (χ1n) is 7.62. The van der Waals surface area contributed by atoms with Gasteiger partial charge in [0.2, 0.25) is 5.91 Å². The molecule has 2 aliphatic rings. The van der Waals surface area contributed by atoms with Crippen LogP contribution in [0.1, 0.15) is 50.0 Å². The average Bonchev–Trinajstić information content (AvgIpc) is 2.74. The molecule has 20 heavy (non-hydrogen) atoms. The third kappa shape index (κ3) is 2.37. The minimum absolute atomic E-state index is 0.163. The van der Waals surface area contributed by atoms with Crippen LogP contribution < -0.4 is 0 Å². The molecule has 0 aliphatic carbocycles. The van der Waals surface area contributed by atoms with E-state index in [2.05, 4.69) is 4.90 Å². The first-order valence-corrected chi connectivity index (χ1v) is 7.62. The molecule has 0 spiro atoms. The average molecular weight is 271 g/mol. The van der Waals surface area contributed by atoms with Gasteiger partial charge in [-0.25, -0.2) is 0 Å². The zero-order valence-electron chi connectivity index (χ0n) is 11.7. The van der Waals surface area contributed by atoms with Crippen molar-refractivity contribution in [2.24, 2.45) is 0 Å². The Morgan fingerprint density at radius 1 is 1.15 bits per heavy atom. The van der Waals surface area contributed by atoms with Crippen molar-refractivity contribution in [2.75, 3.05) is 0 Å². The molecule has 2 fully saturated rings. The summed E-state index contributed by atoms with van der Waals surface area (Å²) in [6.45, 7) is 0. The Kier molecular flexibility index (Phi) is 3.86. The number of nitrogens with zero attached hydrogens (tertiary/aromatic N) is 1. The predicted molar refractivity (Wildman–Crippen MR) is 77.4 cm³/mol. The molecule has 0 saturated carbocycles. The van der Waals surface area contributed by atoms with Crippen LogP contribution in [-0.4, -0.2) is 29.2 Å². The molecule has 1 aromatic carbocycles. The van der Waals surface area contributed by atoms with E-state index in [1.165, 1.54) is 6.42 Å². The van der Waals surface area contributed by atoms with Crippen molar-refractivity contribution in [3.63, 3.8) is 0 Å². The quantitative estimate of drug-likeness (QED) is 0.790. The van der Waals surface area contributed by atoms with Crippen molar-refractivity contribution >= 4 is 12.2 Å². The maximum Gasteiger partial charge on any atom is 0.231 e. The van der Waals surface area contributed by atoms with Crippen LogP contribution in [0.2, 0.25) is 0 Å². The molecule has 2 saturated heterocycles. The largest absolute Gasteiger partial charge is 0.336 e. The van der Waals surface area contributed by atoms with Gasteiger partial charge in [0.05, 0.1) is 5.92 Å². The molecule has 1 aromatic rings. The highest BCUT2D eigenvalue weighted by atomic mass is 16.2. The van der Waals surface area contributed by atoms with Gasteiger partial charge in [-0.2, -0.15) is 0 Å². The van der Waals surface area contributed by atoms with E-state index in [1.54, 1.807) is 0 Å². The number of hydrogen-bond acceptors (Lipinski definition) is 2. The molecule has 3 atom stereocenters. The molecule has 1 amide bonds. The van der Waals surface area contributed by atoms with Crippen LogP contribution in [0.5, 0.6) is 0 Å². The number of amides is 1. The van der Waals surface area contributed by atoms with Gasteiger partial charge in [0.25, 0.3) is 0 Å². The fraction of sp³-hybridized carbons (Fsp3) is 0.529. The van der Waals surface area contributed by atoms with Crippen molar-refractivity contribution < 1.29 is 9.59 Å². The standard InChI is InChI=1S/C17H21NO2/c19-12-11-16(13-5-2-1-3-6-13)17(20)18-14-7-4-8-15(18)10-9-14/h1-3,5-6,12,14-16H,4,7-11H2/t14-,15?,16?/m1/s1. The molecule has 2 heterocycles. The third-order valence-electron chi connectivity index (χ3n) is 4.78. The second-order valence-electron chi connectivity index (χ2n) is 5.93. The highest BCUT2D eigenvalue weighted by molar-refractivity contribution is 5.86. The number of carbonyl (C=O) groups is 2. The van der Waals surface area contributed by atoms with E-state index >= 15 is 0 Å². The zero-order valence-corrected chi connectivity index (χ0v) is 11.7. The lowest BCUT2D eigenvalue weighted by Gasteiger charge is -2.37. The molecule has 3 nitrogen and oxygen atoms in total. The Labute approximate surface area is 120 Å². The van der Waals surface area contributed by atoms with Crippen molar-refractivity contribution in [1.82, 2.24) is 4.90 Å². The summed E-state index contributed by atoms with van der Waals surface area (Å²) >= 11 is 0. The van der Waals surface area contributed by atoms with Crippen LogP contribution in [-0.2, 0) is 9.59 Å². The highest BCUT2D eigenvalue weighted by Crippen LogP contribution is 2.38. The van der Waals surface area contributed by atoms with Gasteiger partial charge in [0, 0.05) is 18.5 Å². The number of rotatable bonds is 4. The van der Waals surface area contributed by atoms with Crippen molar-refractivity contribution in [1.29, 1.82) is 0 Å². The minimum atomic E-state index is -0.296. The molecule has 0 aromatic heterocycles. The Hall–Kier alpha value is -1.64. The normalized spacial score (nSPS) is 26.3. The van der Waals surface area contributed by atoms with E-state index in [-0.39, 0.29) is 11.8 Å². The van der Waals surface area contributed by atoms with Crippen molar-refractivity contribution in [3.05, 3.63) is 35.9 Å². The summed E-state index contributed by atoms with van der Waals surface area (Å²) in [4.78, 5) is 26.0. The van der Waals surface area contributed by atoms with E-state index in [9.17, 15) is 9.59 Å². The third-order valence-corrected chi connectivity index (χ3v) is 4.78. The summed E-state index contributed by atoms with van der Waals surface area (Å²) in [6.07, 6.45) is 6.94. The van der Waals surface area contributed by atoms with E-state index in [1.807, 2.05) is 30.3 Å². The molecule has 0 N–H and O–H groups in total. The summed E-state index contributed by atoms with van der Waals surface area (Å²) in [5.74, 6) is -0.134. The van der Waals surface area contributed by atoms with Crippen LogP contribution in [0.15, 0.2) is 30.3 Å². The minimum Gasteiger partial charge on any atom is -0.336 e. The smallest absolute Gasteiger partial charge is 0.231 e. The molecule has 106 valence electrons. The monoisotopic (exact) mass is 271 g/mol. The number of carbonyl (C=O) groups excluding carboxylic acids is 2. The topological polar surface area (TPSA) is 37.4 Å². The van der Waals surface area contributed by atoms with Gasteiger partial charge < -0.3 is 9.69 Å². The van der Waals surface area contributed by atoms with Gasteiger partial charge >= 0.3 is 0 Å². The van der Waals surface area contributed by atoms with Gasteiger partial charge in [-0.15, -0.1) is 0 Å². The fourth-order valence-electron chi connectivity index (χ4n) is 3.82. The number of benzene rings is 1. The summed E-state index contributed by atoms with van der Waals surface area (Å²) in [6, 6.07) is 10.6. The van der Waals surface area contributed by atoms with Crippen LogP contribution in [0.25, 0.3) is 0 Å². The van der Waals surface area contributed by atoms with E-state index in [0.29, 0.717) is 18.5 Å². The Morgan fingerprint density at radius 2 is 1.80 bits per heavy atom. The molecule has 2 unspecified atom stereocenters. The van der Waals surface area contributed by atoms with Crippen LogP contribution in [0, 0.1) is 0 Å². The van der Waals surface area contributed by atoms with E-state index < -0.39 is 0 Å². The van der Waals surface area contributed by atoms with Crippen LogP contribution in [0.3, 0.4) is 0 Å². The summed E-state index contributed by atoms with van der Waals surface area (Å²) in [5.41, 5.74) is 0.967. The molecule has 2 aliphatic heterocycles. The molecular formula is C17H21NO2. The fourth-order valence-corrected chi connectivity index (χ4v) is 3.82. The number of piperidine rings is 1. The maximum absolute atomic E-state index is 12.9. The van der Waals surface area contributed by atoms with Gasteiger partial charge in [-0.05, 0) is 37.7 Å². The number of aldehydes is 1. The van der Waals surface area contributed by atoms with Crippen molar-refractivity contribution in [2.45, 2.75) is 56.5 Å². The van der Waals surface area contributed by atoms with Gasteiger partial charge in [-0.3, -0.25) is 4.79 Å².